The summed E-state index contributed by atoms with van der Waals surface area (Å²) >= 11 is 12.3. The molecule has 1 aromatic carbocycles. The fourth-order valence-electron chi connectivity index (χ4n) is 3.53. The summed E-state index contributed by atoms with van der Waals surface area (Å²) in [5.41, 5.74) is 1.12. The highest BCUT2D eigenvalue weighted by Gasteiger charge is 2.30. The van der Waals surface area contributed by atoms with E-state index < -0.39 is 11.3 Å². The van der Waals surface area contributed by atoms with Crippen molar-refractivity contribution in [1.82, 2.24) is 10.2 Å². The van der Waals surface area contributed by atoms with Crippen molar-refractivity contribution in [3.05, 3.63) is 59.2 Å². The Labute approximate surface area is 159 Å². The second kappa shape index (κ2) is 8.39. The van der Waals surface area contributed by atoms with Crippen LogP contribution >= 0.6 is 23.2 Å². The third kappa shape index (κ3) is 4.66. The maximum atomic E-state index is 12.8. The smallest absolute Gasteiger partial charge is 0.229 e. The Kier molecular flexibility index (Phi) is 6.21. The molecule has 0 spiro atoms. The van der Waals surface area contributed by atoms with Crippen LogP contribution in [0.1, 0.15) is 31.4 Å². The lowest BCUT2D eigenvalue weighted by atomic mass is 9.97. The second-order valence-electron chi connectivity index (χ2n) is 6.84. The number of hydrogen-bond donors (Lipinski definition) is 1. The SMILES string of the molecule is CC1CCCN1C[C@@H](NC(=O)C1C=CC(Cl)=CC1Cl)c1ccccc1. The molecule has 3 unspecified atom stereocenters. The number of allylic oxidation sites excluding steroid dienone is 3. The van der Waals surface area contributed by atoms with Gasteiger partial charge in [0.05, 0.1) is 17.3 Å². The van der Waals surface area contributed by atoms with Gasteiger partial charge in [-0.25, -0.2) is 0 Å². The van der Waals surface area contributed by atoms with Crippen molar-refractivity contribution >= 4 is 29.1 Å². The number of alkyl halides is 1. The van der Waals surface area contributed by atoms with Crippen LogP contribution in [0.3, 0.4) is 0 Å². The molecule has 1 saturated heterocycles. The minimum Gasteiger partial charge on any atom is -0.347 e. The zero-order valence-corrected chi connectivity index (χ0v) is 15.9. The van der Waals surface area contributed by atoms with E-state index in [1.165, 1.54) is 12.8 Å². The third-order valence-electron chi connectivity index (χ3n) is 5.05. The molecule has 1 aromatic rings. The molecule has 1 heterocycles. The summed E-state index contributed by atoms with van der Waals surface area (Å²) in [7, 11) is 0. The summed E-state index contributed by atoms with van der Waals surface area (Å²) < 4.78 is 0. The topological polar surface area (TPSA) is 32.3 Å². The zero-order valence-electron chi connectivity index (χ0n) is 14.4. The first-order chi connectivity index (χ1) is 12.0. The number of benzene rings is 1. The number of hydrogen-bond acceptors (Lipinski definition) is 2. The summed E-state index contributed by atoms with van der Waals surface area (Å²) in [6, 6.07) is 10.7. The summed E-state index contributed by atoms with van der Waals surface area (Å²) in [5, 5.41) is 3.37. The van der Waals surface area contributed by atoms with E-state index in [9.17, 15) is 4.79 Å². The number of rotatable bonds is 5. The molecule has 1 aliphatic carbocycles. The maximum absolute atomic E-state index is 12.8. The number of likely N-dealkylation sites (tertiary alicyclic amines) is 1. The Morgan fingerprint density at radius 3 is 2.76 bits per heavy atom. The van der Waals surface area contributed by atoms with Crippen molar-refractivity contribution in [1.29, 1.82) is 0 Å². The first-order valence-corrected chi connectivity index (χ1v) is 9.65. The summed E-state index contributed by atoms with van der Waals surface area (Å²) in [4.78, 5) is 15.3. The van der Waals surface area contributed by atoms with Crippen LogP contribution in [0.5, 0.6) is 0 Å². The highest BCUT2D eigenvalue weighted by molar-refractivity contribution is 6.33. The van der Waals surface area contributed by atoms with Crippen LogP contribution in [0.2, 0.25) is 0 Å². The second-order valence-corrected chi connectivity index (χ2v) is 7.78. The Morgan fingerprint density at radius 2 is 2.12 bits per heavy atom. The van der Waals surface area contributed by atoms with Crippen LogP contribution < -0.4 is 5.32 Å². The van der Waals surface area contributed by atoms with Gasteiger partial charge in [-0.2, -0.15) is 0 Å². The molecule has 0 radical (unpaired) electrons. The van der Waals surface area contributed by atoms with Gasteiger partial charge in [-0.15, -0.1) is 11.6 Å². The maximum Gasteiger partial charge on any atom is 0.229 e. The Morgan fingerprint density at radius 1 is 1.36 bits per heavy atom. The van der Waals surface area contributed by atoms with Gasteiger partial charge in [0.25, 0.3) is 0 Å². The minimum absolute atomic E-state index is 0.0482. The molecular weight excluding hydrogens is 355 g/mol. The number of halogens is 2. The first-order valence-electron chi connectivity index (χ1n) is 8.83. The molecule has 0 saturated carbocycles. The molecule has 1 amide bonds. The van der Waals surface area contributed by atoms with E-state index in [1.54, 1.807) is 18.2 Å². The van der Waals surface area contributed by atoms with Crippen molar-refractivity contribution in [3.63, 3.8) is 0 Å². The fourth-order valence-corrected chi connectivity index (χ4v) is 4.14. The highest BCUT2D eigenvalue weighted by Crippen LogP contribution is 2.26. The quantitative estimate of drug-likeness (QED) is 0.776. The van der Waals surface area contributed by atoms with Crippen LogP contribution in [0.25, 0.3) is 0 Å². The van der Waals surface area contributed by atoms with Gasteiger partial charge in [-0.1, -0.05) is 48.0 Å². The van der Waals surface area contributed by atoms with Gasteiger partial charge in [0.15, 0.2) is 0 Å². The van der Waals surface area contributed by atoms with Crippen molar-refractivity contribution in [2.75, 3.05) is 13.1 Å². The van der Waals surface area contributed by atoms with Gasteiger partial charge < -0.3 is 5.32 Å². The van der Waals surface area contributed by atoms with Crippen LogP contribution in [0.15, 0.2) is 53.6 Å². The van der Waals surface area contributed by atoms with E-state index in [0.717, 1.165) is 18.7 Å². The van der Waals surface area contributed by atoms with Gasteiger partial charge >= 0.3 is 0 Å². The Hall–Kier alpha value is -1.29. The molecule has 5 heteroatoms. The lowest BCUT2D eigenvalue weighted by Crippen LogP contribution is -2.42. The molecule has 1 aliphatic heterocycles. The van der Waals surface area contributed by atoms with E-state index in [1.807, 2.05) is 18.2 Å². The molecule has 0 aromatic heterocycles. The first kappa shape index (κ1) is 18.5. The highest BCUT2D eigenvalue weighted by atomic mass is 35.5. The van der Waals surface area contributed by atoms with Gasteiger partial charge in [-0.05, 0) is 44.0 Å². The standard InChI is InChI=1S/C20H24Cl2N2O/c1-14-6-5-11-24(14)13-19(15-7-3-2-4-8-15)23-20(25)17-10-9-16(21)12-18(17)22/h2-4,7-10,12,14,17-19H,5-6,11,13H2,1H3,(H,23,25)/t14?,17?,18?,19-/m1/s1. The monoisotopic (exact) mass is 378 g/mol. The normalized spacial score (nSPS) is 27.8. The lowest BCUT2D eigenvalue weighted by Gasteiger charge is -2.29. The van der Waals surface area contributed by atoms with E-state index in [4.69, 9.17) is 23.2 Å². The van der Waals surface area contributed by atoms with E-state index in [-0.39, 0.29) is 11.9 Å². The largest absolute Gasteiger partial charge is 0.347 e. The van der Waals surface area contributed by atoms with Crippen molar-refractivity contribution in [2.45, 2.75) is 37.2 Å². The predicted octanol–water partition coefficient (Wildman–Crippen LogP) is 4.24. The van der Waals surface area contributed by atoms with Gasteiger partial charge in [0.2, 0.25) is 5.91 Å². The molecule has 3 nitrogen and oxygen atoms in total. The summed E-state index contributed by atoms with van der Waals surface area (Å²) in [6.45, 7) is 4.15. The molecule has 3 rings (SSSR count). The third-order valence-corrected chi connectivity index (χ3v) is 5.70. The van der Waals surface area contributed by atoms with E-state index in [0.29, 0.717) is 11.1 Å². The van der Waals surface area contributed by atoms with Gasteiger partial charge in [0.1, 0.15) is 0 Å². The van der Waals surface area contributed by atoms with Crippen LogP contribution in [-0.4, -0.2) is 35.3 Å². The number of carbonyl (C=O) groups is 1. The molecule has 1 fully saturated rings. The lowest BCUT2D eigenvalue weighted by molar-refractivity contribution is -0.124. The fraction of sp³-hybridized carbons (Fsp3) is 0.450. The number of nitrogens with zero attached hydrogens (tertiary/aromatic N) is 1. The van der Waals surface area contributed by atoms with Crippen molar-refractivity contribution < 1.29 is 4.79 Å². The average Bonchev–Trinajstić information content (AvgIpc) is 3.00. The van der Waals surface area contributed by atoms with Crippen LogP contribution in [-0.2, 0) is 4.79 Å². The molecule has 4 atom stereocenters. The Balaban J connectivity index is 1.73. The number of nitrogens with one attached hydrogen (secondary N) is 1. The average molecular weight is 379 g/mol. The predicted molar refractivity (Wildman–Crippen MR) is 104 cm³/mol. The zero-order chi connectivity index (χ0) is 17.8. The van der Waals surface area contributed by atoms with Gasteiger partial charge in [0, 0.05) is 17.6 Å². The molecule has 2 aliphatic rings. The van der Waals surface area contributed by atoms with E-state index >= 15 is 0 Å². The minimum atomic E-state index is -0.417. The molecular formula is C20H24Cl2N2O. The van der Waals surface area contributed by atoms with E-state index in [2.05, 4.69) is 29.3 Å². The van der Waals surface area contributed by atoms with Crippen LogP contribution in [0, 0.1) is 5.92 Å². The Bertz CT molecular complexity index is 659. The summed E-state index contributed by atoms with van der Waals surface area (Å²) in [5.74, 6) is -0.455. The van der Waals surface area contributed by atoms with Crippen molar-refractivity contribution in [3.8, 4) is 0 Å². The van der Waals surface area contributed by atoms with Crippen LogP contribution in [0.4, 0.5) is 0 Å². The number of amides is 1. The van der Waals surface area contributed by atoms with Gasteiger partial charge in [-0.3, -0.25) is 9.69 Å². The molecule has 0 bridgehead atoms. The molecule has 134 valence electrons. The molecule has 25 heavy (non-hydrogen) atoms. The molecule has 1 N–H and O–H groups in total. The number of carbonyl (C=O) groups excluding carboxylic acids is 1. The van der Waals surface area contributed by atoms with Crippen molar-refractivity contribution in [2.24, 2.45) is 5.92 Å². The summed E-state index contributed by atoms with van der Waals surface area (Å²) in [6.07, 6.45) is 7.68.